The van der Waals surface area contributed by atoms with E-state index < -0.39 is 0 Å². The first-order valence-electron chi connectivity index (χ1n) is 7.52. The molecule has 1 saturated heterocycles. The first-order chi connectivity index (χ1) is 10.5. The molecule has 0 bridgehead atoms. The number of carbonyl (C=O) groups is 2. The number of rotatable bonds is 4. The van der Waals surface area contributed by atoms with Crippen LogP contribution in [0.3, 0.4) is 0 Å². The second kappa shape index (κ2) is 7.74. The van der Waals surface area contributed by atoms with Crippen molar-refractivity contribution in [3.05, 3.63) is 28.2 Å². The monoisotopic (exact) mass is 367 g/mol. The Balaban J connectivity index is 1.89. The number of hydrogen-bond acceptors (Lipinski definition) is 3. The molecule has 22 heavy (non-hydrogen) atoms. The molecule has 5 nitrogen and oxygen atoms in total. The second-order valence-corrected chi connectivity index (χ2v) is 6.62. The molecule has 1 atom stereocenters. The van der Waals surface area contributed by atoms with Crippen molar-refractivity contribution in [1.82, 2.24) is 10.2 Å². The summed E-state index contributed by atoms with van der Waals surface area (Å²) in [6, 6.07) is 5.52. The summed E-state index contributed by atoms with van der Waals surface area (Å²) in [5.74, 6) is -0.195. The molecular formula is C16H22BrN3O2. The van der Waals surface area contributed by atoms with Crippen molar-refractivity contribution in [1.29, 1.82) is 0 Å². The Morgan fingerprint density at radius 1 is 1.41 bits per heavy atom. The number of piperidine rings is 1. The van der Waals surface area contributed by atoms with Crippen LogP contribution in [0.4, 0.5) is 5.69 Å². The number of amides is 2. The van der Waals surface area contributed by atoms with E-state index in [-0.39, 0.29) is 24.4 Å². The Kier molecular flexibility index (Phi) is 5.97. The molecule has 6 heteroatoms. The molecular weight excluding hydrogens is 346 g/mol. The summed E-state index contributed by atoms with van der Waals surface area (Å²) in [6.07, 6.45) is 3.01. The van der Waals surface area contributed by atoms with Crippen LogP contribution in [-0.2, 0) is 9.59 Å². The third kappa shape index (κ3) is 4.55. The molecule has 0 radical (unpaired) electrons. The SMILES string of the molecule is Cc1cc(Br)ccc1NC(=O)CN(C)C(=O)C1CCCCN1. The van der Waals surface area contributed by atoms with Gasteiger partial charge in [0.05, 0.1) is 12.6 Å². The maximum absolute atomic E-state index is 12.3. The fraction of sp³-hybridized carbons (Fsp3) is 0.500. The maximum Gasteiger partial charge on any atom is 0.243 e. The van der Waals surface area contributed by atoms with Gasteiger partial charge in [0.25, 0.3) is 0 Å². The van der Waals surface area contributed by atoms with Crippen LogP contribution >= 0.6 is 15.9 Å². The van der Waals surface area contributed by atoms with Crippen molar-refractivity contribution < 1.29 is 9.59 Å². The number of aryl methyl sites for hydroxylation is 1. The Labute approximate surface area is 139 Å². The highest BCUT2D eigenvalue weighted by Gasteiger charge is 2.24. The summed E-state index contributed by atoms with van der Waals surface area (Å²) >= 11 is 3.39. The first kappa shape index (κ1) is 17.0. The van der Waals surface area contributed by atoms with Gasteiger partial charge in [0.2, 0.25) is 11.8 Å². The molecule has 0 aromatic heterocycles. The number of carbonyl (C=O) groups excluding carboxylic acids is 2. The molecule has 1 aromatic carbocycles. The highest BCUT2D eigenvalue weighted by Crippen LogP contribution is 2.20. The van der Waals surface area contributed by atoms with Gasteiger partial charge in [0.15, 0.2) is 0 Å². The summed E-state index contributed by atoms with van der Waals surface area (Å²) < 4.78 is 0.971. The third-order valence-electron chi connectivity index (χ3n) is 3.83. The summed E-state index contributed by atoms with van der Waals surface area (Å²) in [6.45, 7) is 2.86. The maximum atomic E-state index is 12.3. The standard InChI is InChI=1S/C16H22BrN3O2/c1-11-9-12(17)6-7-13(11)19-15(21)10-20(2)16(22)14-5-3-4-8-18-14/h6-7,9,14,18H,3-5,8,10H2,1-2H3,(H,19,21). The average Bonchev–Trinajstić information content (AvgIpc) is 2.50. The number of nitrogens with one attached hydrogen (secondary N) is 2. The van der Waals surface area contributed by atoms with Gasteiger partial charge in [-0.2, -0.15) is 0 Å². The molecule has 1 aromatic rings. The topological polar surface area (TPSA) is 61.4 Å². The van der Waals surface area contributed by atoms with Crippen LogP contribution in [0.5, 0.6) is 0 Å². The van der Waals surface area contributed by atoms with Crippen molar-refractivity contribution in [3.63, 3.8) is 0 Å². The molecule has 1 aliphatic rings. The highest BCUT2D eigenvalue weighted by molar-refractivity contribution is 9.10. The first-order valence-corrected chi connectivity index (χ1v) is 8.31. The smallest absolute Gasteiger partial charge is 0.243 e. The third-order valence-corrected chi connectivity index (χ3v) is 4.32. The molecule has 2 N–H and O–H groups in total. The fourth-order valence-corrected chi connectivity index (χ4v) is 3.05. The average molecular weight is 368 g/mol. The van der Waals surface area contributed by atoms with E-state index in [2.05, 4.69) is 26.6 Å². The zero-order chi connectivity index (χ0) is 16.1. The van der Waals surface area contributed by atoms with E-state index in [9.17, 15) is 9.59 Å². The molecule has 1 fully saturated rings. The van der Waals surface area contributed by atoms with Crippen LogP contribution in [-0.4, -0.2) is 42.9 Å². The van der Waals surface area contributed by atoms with Gasteiger partial charge in [0, 0.05) is 17.2 Å². The predicted molar refractivity (Wildman–Crippen MR) is 90.8 cm³/mol. The van der Waals surface area contributed by atoms with Gasteiger partial charge < -0.3 is 15.5 Å². The minimum absolute atomic E-state index is 0.0117. The van der Waals surface area contributed by atoms with Crippen LogP contribution in [0.15, 0.2) is 22.7 Å². The van der Waals surface area contributed by atoms with Crippen molar-refractivity contribution >= 4 is 33.4 Å². The minimum atomic E-state index is -0.183. The molecule has 1 unspecified atom stereocenters. The van der Waals surface area contributed by atoms with Gasteiger partial charge in [-0.3, -0.25) is 9.59 Å². The number of nitrogens with zero attached hydrogens (tertiary/aromatic N) is 1. The number of halogens is 1. The number of anilines is 1. The predicted octanol–water partition coefficient (Wildman–Crippen LogP) is 2.30. The molecule has 120 valence electrons. The van der Waals surface area contributed by atoms with Crippen LogP contribution in [0.2, 0.25) is 0 Å². The van der Waals surface area contributed by atoms with Crippen LogP contribution in [0.25, 0.3) is 0 Å². The number of benzene rings is 1. The van der Waals surface area contributed by atoms with Crippen molar-refractivity contribution in [2.75, 3.05) is 25.5 Å². The van der Waals surface area contributed by atoms with Gasteiger partial charge in [0.1, 0.15) is 0 Å². The van der Waals surface area contributed by atoms with Crippen LogP contribution in [0, 0.1) is 6.92 Å². The van der Waals surface area contributed by atoms with E-state index in [0.29, 0.717) is 0 Å². The molecule has 2 rings (SSSR count). The van der Waals surface area contributed by atoms with Crippen LogP contribution < -0.4 is 10.6 Å². The highest BCUT2D eigenvalue weighted by atomic mass is 79.9. The zero-order valence-electron chi connectivity index (χ0n) is 13.0. The van der Waals surface area contributed by atoms with E-state index in [1.54, 1.807) is 7.05 Å². The van der Waals surface area contributed by atoms with E-state index >= 15 is 0 Å². The lowest BCUT2D eigenvalue weighted by atomic mass is 10.0. The molecule has 1 aliphatic heterocycles. The minimum Gasteiger partial charge on any atom is -0.335 e. The molecule has 0 aliphatic carbocycles. The second-order valence-electron chi connectivity index (χ2n) is 5.70. The Morgan fingerprint density at radius 2 is 2.18 bits per heavy atom. The molecule has 0 spiro atoms. The lowest BCUT2D eigenvalue weighted by molar-refractivity contribution is -0.135. The zero-order valence-corrected chi connectivity index (χ0v) is 14.6. The fourth-order valence-electron chi connectivity index (χ4n) is 2.58. The molecule has 0 saturated carbocycles. The van der Waals surface area contributed by atoms with Crippen LogP contribution in [0.1, 0.15) is 24.8 Å². The van der Waals surface area contributed by atoms with Crippen molar-refractivity contribution in [3.8, 4) is 0 Å². The van der Waals surface area contributed by atoms with E-state index in [1.165, 1.54) is 4.90 Å². The van der Waals surface area contributed by atoms with Gasteiger partial charge in [-0.1, -0.05) is 22.4 Å². The Hall–Kier alpha value is -1.40. The van der Waals surface area contributed by atoms with Gasteiger partial charge in [-0.25, -0.2) is 0 Å². The largest absolute Gasteiger partial charge is 0.335 e. The Morgan fingerprint density at radius 3 is 2.82 bits per heavy atom. The summed E-state index contributed by atoms with van der Waals surface area (Å²) in [4.78, 5) is 25.9. The van der Waals surface area contributed by atoms with Gasteiger partial charge in [-0.05, 0) is 50.1 Å². The molecule has 1 heterocycles. The van der Waals surface area contributed by atoms with Gasteiger partial charge >= 0.3 is 0 Å². The summed E-state index contributed by atoms with van der Waals surface area (Å²) in [7, 11) is 1.67. The molecule has 2 amide bonds. The summed E-state index contributed by atoms with van der Waals surface area (Å²) in [5.41, 5.74) is 1.75. The van der Waals surface area contributed by atoms with E-state index in [1.807, 2.05) is 25.1 Å². The summed E-state index contributed by atoms with van der Waals surface area (Å²) in [5, 5.41) is 6.06. The number of hydrogen-bond donors (Lipinski definition) is 2. The Bertz CT molecular complexity index is 556. The van der Waals surface area contributed by atoms with E-state index in [0.717, 1.165) is 41.5 Å². The normalized spacial score (nSPS) is 17.9. The van der Waals surface area contributed by atoms with E-state index in [4.69, 9.17) is 0 Å². The lowest BCUT2D eigenvalue weighted by Gasteiger charge is -2.27. The van der Waals surface area contributed by atoms with Crippen molar-refractivity contribution in [2.45, 2.75) is 32.2 Å². The quantitative estimate of drug-likeness (QED) is 0.858. The number of likely N-dealkylation sites (N-methyl/N-ethyl adjacent to an activating group) is 1. The lowest BCUT2D eigenvalue weighted by Crippen LogP contribution is -2.49. The van der Waals surface area contributed by atoms with Crippen molar-refractivity contribution in [2.24, 2.45) is 0 Å². The van der Waals surface area contributed by atoms with Gasteiger partial charge in [-0.15, -0.1) is 0 Å².